The first-order valence-electron chi connectivity index (χ1n) is 13.5. The van der Waals surface area contributed by atoms with Crippen LogP contribution in [0.3, 0.4) is 0 Å². The number of hydrogen-bond donors (Lipinski definition) is 1. The van der Waals surface area contributed by atoms with E-state index >= 15 is 0 Å². The van der Waals surface area contributed by atoms with E-state index in [-0.39, 0.29) is 16.8 Å². The first-order chi connectivity index (χ1) is 20.1. The number of ether oxygens (including phenoxy) is 3. The number of carbonyl (C=O) groups is 2. The van der Waals surface area contributed by atoms with Crippen LogP contribution in [-0.4, -0.2) is 81.0 Å². The molecule has 0 radical (unpaired) electrons. The number of amides is 2. The highest BCUT2D eigenvalue weighted by molar-refractivity contribution is 7.12. The van der Waals surface area contributed by atoms with Gasteiger partial charge in [-0.05, 0) is 39.0 Å². The summed E-state index contributed by atoms with van der Waals surface area (Å²) in [5.74, 6) is 1.01. The van der Waals surface area contributed by atoms with E-state index in [0.717, 1.165) is 17.0 Å². The van der Waals surface area contributed by atoms with Crippen LogP contribution in [0.2, 0.25) is 0 Å². The van der Waals surface area contributed by atoms with Gasteiger partial charge in [0.05, 0.1) is 23.1 Å². The number of thiazole rings is 1. The number of hydrogen-bond acceptors (Lipinski definition) is 10. The average Bonchev–Trinajstić information content (AvgIpc) is 3.55. The van der Waals surface area contributed by atoms with Crippen molar-refractivity contribution in [1.82, 2.24) is 24.0 Å². The zero-order chi connectivity index (χ0) is 29.6. The number of anilines is 2. The van der Waals surface area contributed by atoms with Gasteiger partial charge in [-0.25, -0.2) is 19.1 Å². The van der Waals surface area contributed by atoms with Crippen LogP contribution in [0.1, 0.15) is 30.6 Å². The Kier molecular flexibility index (Phi) is 7.01. The number of benzene rings is 1. The number of imidazole rings is 1. The molecular weight excluding hydrogens is 562 g/mol. The van der Waals surface area contributed by atoms with Gasteiger partial charge in [0.25, 0.3) is 5.91 Å². The summed E-state index contributed by atoms with van der Waals surface area (Å²) < 4.78 is 19.9. The minimum absolute atomic E-state index is 0.191. The average molecular weight is 594 g/mol. The highest BCUT2D eigenvalue weighted by Crippen LogP contribution is 2.37. The summed E-state index contributed by atoms with van der Waals surface area (Å²) in [6.07, 6.45) is 2.91. The number of pyridine rings is 1. The summed E-state index contributed by atoms with van der Waals surface area (Å²) in [5, 5.41) is 4.79. The van der Waals surface area contributed by atoms with Crippen LogP contribution in [0.4, 0.5) is 16.2 Å². The predicted octanol–water partition coefficient (Wildman–Crippen LogP) is 3.26. The molecule has 0 spiro atoms. The van der Waals surface area contributed by atoms with Crippen molar-refractivity contribution in [2.24, 2.45) is 7.05 Å². The van der Waals surface area contributed by atoms with E-state index in [1.165, 1.54) is 9.13 Å². The van der Waals surface area contributed by atoms with E-state index in [0.29, 0.717) is 73.4 Å². The van der Waals surface area contributed by atoms with E-state index in [4.69, 9.17) is 14.2 Å². The monoisotopic (exact) mass is 593 g/mol. The first-order valence-corrected chi connectivity index (χ1v) is 14.4. The lowest BCUT2D eigenvalue weighted by Crippen LogP contribution is -2.50. The van der Waals surface area contributed by atoms with Crippen LogP contribution < -0.4 is 25.4 Å². The minimum Gasteiger partial charge on any atom is -0.486 e. The molecule has 5 heterocycles. The molecule has 0 saturated carbocycles. The van der Waals surface area contributed by atoms with E-state index in [1.807, 2.05) is 26.8 Å². The molecule has 0 unspecified atom stereocenters. The van der Waals surface area contributed by atoms with Gasteiger partial charge >= 0.3 is 11.8 Å². The fraction of sp³-hybridized carbons (Fsp3) is 0.393. The third kappa shape index (κ3) is 5.13. The normalized spacial score (nSPS) is 15.1. The molecule has 2 aliphatic heterocycles. The van der Waals surface area contributed by atoms with Gasteiger partial charge in [-0.3, -0.25) is 14.3 Å². The molecule has 2 aliphatic rings. The van der Waals surface area contributed by atoms with Crippen LogP contribution in [0, 0.1) is 0 Å². The van der Waals surface area contributed by atoms with Crippen molar-refractivity contribution in [3.05, 3.63) is 51.5 Å². The molecule has 1 N–H and O–H groups in total. The number of piperazine rings is 1. The molecule has 1 saturated heterocycles. The molecule has 14 heteroatoms. The van der Waals surface area contributed by atoms with Gasteiger partial charge in [-0.1, -0.05) is 0 Å². The molecule has 1 aromatic carbocycles. The van der Waals surface area contributed by atoms with E-state index in [2.05, 4.69) is 20.2 Å². The van der Waals surface area contributed by atoms with Crippen molar-refractivity contribution in [2.45, 2.75) is 26.4 Å². The van der Waals surface area contributed by atoms with Crippen molar-refractivity contribution >= 4 is 45.7 Å². The Morgan fingerprint density at radius 1 is 1.07 bits per heavy atom. The largest absolute Gasteiger partial charge is 0.486 e. The lowest BCUT2D eigenvalue weighted by atomic mass is 10.2. The van der Waals surface area contributed by atoms with Crippen molar-refractivity contribution in [1.29, 1.82) is 0 Å². The lowest BCUT2D eigenvalue weighted by molar-refractivity contribution is 0.0240. The quantitative estimate of drug-likeness (QED) is 0.379. The summed E-state index contributed by atoms with van der Waals surface area (Å²) >= 11 is 1.14. The van der Waals surface area contributed by atoms with Crippen molar-refractivity contribution < 1.29 is 23.8 Å². The Morgan fingerprint density at radius 2 is 1.83 bits per heavy atom. The maximum absolute atomic E-state index is 13.3. The van der Waals surface area contributed by atoms with E-state index < -0.39 is 11.5 Å². The van der Waals surface area contributed by atoms with Crippen LogP contribution in [0.25, 0.3) is 16.9 Å². The molecule has 0 atom stereocenters. The molecule has 42 heavy (non-hydrogen) atoms. The van der Waals surface area contributed by atoms with Gasteiger partial charge in [0, 0.05) is 44.8 Å². The molecule has 220 valence electrons. The minimum atomic E-state index is -0.559. The molecule has 4 aromatic rings. The summed E-state index contributed by atoms with van der Waals surface area (Å²) in [7, 11) is 1.66. The van der Waals surface area contributed by atoms with E-state index in [1.54, 1.807) is 41.9 Å². The third-order valence-electron chi connectivity index (χ3n) is 6.95. The smallest absolute Gasteiger partial charge is 0.410 e. The number of carbonyl (C=O) groups excluding carboxylic acids is 2. The van der Waals surface area contributed by atoms with Gasteiger partial charge in [-0.15, -0.1) is 11.3 Å². The second-order valence-electron chi connectivity index (χ2n) is 10.9. The summed E-state index contributed by atoms with van der Waals surface area (Å²) in [5.41, 5.74) is 1.64. The van der Waals surface area contributed by atoms with Crippen LogP contribution in [0.15, 0.2) is 40.8 Å². The third-order valence-corrected chi connectivity index (χ3v) is 7.78. The standard InChI is InChI=1S/C28H31N7O6S/c1-28(2,3)41-27(38)34-11-9-33(10-12-34)18-7-8-29-15-17(18)30-24(36)25-31-21(16-42-25)35-19-5-6-20-23(40-14-13-39-20)22(19)32(4)26(35)37/h5-8,15-16H,9-14H2,1-4H3,(H,30,36). The van der Waals surface area contributed by atoms with Gasteiger partial charge in [-0.2, -0.15) is 0 Å². The lowest BCUT2D eigenvalue weighted by Gasteiger charge is -2.37. The predicted molar refractivity (Wildman–Crippen MR) is 157 cm³/mol. The Morgan fingerprint density at radius 3 is 2.60 bits per heavy atom. The Hall–Kier alpha value is -4.59. The topological polar surface area (TPSA) is 133 Å². The van der Waals surface area contributed by atoms with Gasteiger partial charge in [0.15, 0.2) is 22.3 Å². The zero-order valence-electron chi connectivity index (χ0n) is 23.7. The molecule has 13 nitrogen and oxygen atoms in total. The molecule has 3 aromatic heterocycles. The maximum atomic E-state index is 13.3. The fourth-order valence-electron chi connectivity index (χ4n) is 5.03. The highest BCUT2D eigenvalue weighted by Gasteiger charge is 2.28. The summed E-state index contributed by atoms with van der Waals surface area (Å²) in [4.78, 5) is 51.5. The number of nitrogens with one attached hydrogen (secondary N) is 1. The Balaban J connectivity index is 1.20. The van der Waals surface area contributed by atoms with Crippen LogP contribution in [0.5, 0.6) is 11.5 Å². The summed E-state index contributed by atoms with van der Waals surface area (Å²) in [6.45, 7) is 8.47. The number of fused-ring (bicyclic) bond motifs is 3. The SMILES string of the molecule is Cn1c(=O)n(-c2csc(C(=O)Nc3cnccc3N3CCN(C(=O)OC(C)(C)C)CC3)n2)c2ccc3c(c21)OCCO3. The maximum Gasteiger partial charge on any atom is 0.410 e. The fourth-order valence-corrected chi connectivity index (χ4v) is 5.71. The van der Waals surface area contributed by atoms with Gasteiger partial charge in [0.2, 0.25) is 0 Å². The molecule has 1 fully saturated rings. The molecule has 6 rings (SSSR count). The Labute approximate surface area is 245 Å². The number of rotatable bonds is 4. The first kappa shape index (κ1) is 27.6. The summed E-state index contributed by atoms with van der Waals surface area (Å²) in [6, 6.07) is 5.38. The molecular formula is C28H31N7O6S. The Bertz CT molecular complexity index is 1730. The second kappa shape index (κ2) is 10.7. The van der Waals surface area contributed by atoms with E-state index in [9.17, 15) is 14.4 Å². The van der Waals surface area contributed by atoms with Gasteiger partial charge in [0.1, 0.15) is 24.3 Å². The molecule has 0 bridgehead atoms. The molecule has 0 aliphatic carbocycles. The van der Waals surface area contributed by atoms with Crippen molar-refractivity contribution in [2.75, 3.05) is 49.6 Å². The zero-order valence-corrected chi connectivity index (χ0v) is 24.6. The van der Waals surface area contributed by atoms with Crippen molar-refractivity contribution in [3.8, 4) is 17.3 Å². The molecule has 2 amide bonds. The van der Waals surface area contributed by atoms with Crippen molar-refractivity contribution in [3.63, 3.8) is 0 Å². The number of nitrogens with zero attached hydrogens (tertiary/aromatic N) is 6. The van der Waals surface area contributed by atoms with Gasteiger partial charge < -0.3 is 29.3 Å². The van der Waals surface area contributed by atoms with Crippen LogP contribution in [-0.2, 0) is 11.8 Å². The van der Waals surface area contributed by atoms with Crippen LogP contribution >= 0.6 is 11.3 Å². The highest BCUT2D eigenvalue weighted by atomic mass is 32.1. The second-order valence-corrected chi connectivity index (χ2v) is 11.8. The number of aromatic nitrogens is 4. The number of aryl methyl sites for hydroxylation is 1.